The molecule has 0 bridgehead atoms. The third-order valence-corrected chi connectivity index (χ3v) is 2.91. The maximum Gasteiger partial charge on any atom is 0.237 e. The van der Waals surface area contributed by atoms with E-state index in [1.54, 1.807) is 7.11 Å². The number of rotatable bonds is 4. The van der Waals surface area contributed by atoms with E-state index in [4.69, 9.17) is 4.74 Å². The van der Waals surface area contributed by atoms with Gasteiger partial charge in [0.1, 0.15) is 0 Å². The van der Waals surface area contributed by atoms with Crippen molar-refractivity contribution in [2.24, 2.45) is 5.41 Å². The molecule has 0 aliphatic carbocycles. The van der Waals surface area contributed by atoms with E-state index in [1.807, 2.05) is 0 Å². The van der Waals surface area contributed by atoms with Gasteiger partial charge in [0.15, 0.2) is 0 Å². The van der Waals surface area contributed by atoms with Crippen LogP contribution in [-0.4, -0.2) is 38.3 Å². The molecule has 0 aromatic rings. The molecule has 0 spiro atoms. The lowest BCUT2D eigenvalue weighted by molar-refractivity contribution is -0.123. The SMILES string of the molecule is COC1CNC(C(=O)NCCC(C)(C)C)C1. The minimum absolute atomic E-state index is 0.0788. The molecule has 94 valence electrons. The third kappa shape index (κ3) is 4.49. The molecule has 2 unspecified atom stereocenters. The van der Waals surface area contributed by atoms with Crippen LogP contribution in [0.25, 0.3) is 0 Å². The third-order valence-electron chi connectivity index (χ3n) is 2.91. The van der Waals surface area contributed by atoms with Gasteiger partial charge < -0.3 is 15.4 Å². The predicted octanol–water partition coefficient (Wildman–Crippen LogP) is 0.916. The summed E-state index contributed by atoms with van der Waals surface area (Å²) in [6.45, 7) is 8.04. The number of methoxy groups -OCH3 is 1. The minimum atomic E-state index is -0.0788. The van der Waals surface area contributed by atoms with Gasteiger partial charge >= 0.3 is 0 Å². The number of amides is 1. The Hall–Kier alpha value is -0.610. The molecule has 0 saturated carbocycles. The molecule has 1 aliphatic heterocycles. The second-order valence-electron chi connectivity index (χ2n) is 5.66. The molecule has 1 saturated heterocycles. The smallest absolute Gasteiger partial charge is 0.237 e. The zero-order chi connectivity index (χ0) is 12.2. The van der Waals surface area contributed by atoms with Crippen molar-refractivity contribution in [1.29, 1.82) is 0 Å². The van der Waals surface area contributed by atoms with Crippen LogP contribution in [0.15, 0.2) is 0 Å². The average Bonchev–Trinajstić information content (AvgIpc) is 2.63. The van der Waals surface area contributed by atoms with Crippen LogP contribution in [0, 0.1) is 5.41 Å². The number of carbonyl (C=O) groups excluding carboxylic acids is 1. The van der Waals surface area contributed by atoms with E-state index in [0.29, 0.717) is 0 Å². The van der Waals surface area contributed by atoms with Crippen LogP contribution >= 0.6 is 0 Å². The van der Waals surface area contributed by atoms with Crippen LogP contribution in [0.3, 0.4) is 0 Å². The summed E-state index contributed by atoms with van der Waals surface area (Å²) in [5.74, 6) is 0.101. The molecule has 1 rings (SSSR count). The summed E-state index contributed by atoms with van der Waals surface area (Å²) in [7, 11) is 1.69. The molecule has 0 aromatic carbocycles. The molecule has 4 heteroatoms. The molecular formula is C12H24N2O2. The van der Waals surface area contributed by atoms with Crippen LogP contribution in [0.4, 0.5) is 0 Å². The van der Waals surface area contributed by atoms with Crippen molar-refractivity contribution in [2.45, 2.75) is 45.8 Å². The number of hydrogen-bond acceptors (Lipinski definition) is 3. The monoisotopic (exact) mass is 228 g/mol. The fraction of sp³-hybridized carbons (Fsp3) is 0.917. The summed E-state index contributed by atoms with van der Waals surface area (Å²) >= 11 is 0. The maximum atomic E-state index is 11.8. The molecule has 16 heavy (non-hydrogen) atoms. The van der Waals surface area contributed by atoms with Gasteiger partial charge in [-0.2, -0.15) is 0 Å². The van der Waals surface area contributed by atoms with Crippen LogP contribution in [0.1, 0.15) is 33.6 Å². The fourth-order valence-corrected chi connectivity index (χ4v) is 1.77. The van der Waals surface area contributed by atoms with Crippen molar-refractivity contribution >= 4 is 5.91 Å². The summed E-state index contributed by atoms with van der Waals surface area (Å²) < 4.78 is 5.21. The first kappa shape index (κ1) is 13.5. The quantitative estimate of drug-likeness (QED) is 0.752. The van der Waals surface area contributed by atoms with Crippen molar-refractivity contribution in [3.63, 3.8) is 0 Å². The maximum absolute atomic E-state index is 11.8. The fourth-order valence-electron chi connectivity index (χ4n) is 1.77. The van der Waals surface area contributed by atoms with E-state index in [-0.39, 0.29) is 23.5 Å². The summed E-state index contributed by atoms with van der Waals surface area (Å²) in [4.78, 5) is 11.8. The topological polar surface area (TPSA) is 50.4 Å². The van der Waals surface area contributed by atoms with Crippen LogP contribution < -0.4 is 10.6 Å². The van der Waals surface area contributed by atoms with Crippen molar-refractivity contribution in [3.05, 3.63) is 0 Å². The van der Waals surface area contributed by atoms with Crippen LogP contribution in [0.2, 0.25) is 0 Å². The first-order chi connectivity index (χ1) is 7.42. The van der Waals surface area contributed by atoms with E-state index in [1.165, 1.54) is 0 Å². The van der Waals surface area contributed by atoms with E-state index >= 15 is 0 Å². The van der Waals surface area contributed by atoms with Crippen molar-refractivity contribution in [2.75, 3.05) is 20.2 Å². The Morgan fingerprint density at radius 2 is 2.19 bits per heavy atom. The molecule has 1 heterocycles. The lowest BCUT2D eigenvalue weighted by Crippen LogP contribution is -2.41. The van der Waals surface area contributed by atoms with E-state index in [9.17, 15) is 4.79 Å². The van der Waals surface area contributed by atoms with Crippen molar-refractivity contribution in [1.82, 2.24) is 10.6 Å². The van der Waals surface area contributed by atoms with Gasteiger partial charge in [-0.1, -0.05) is 20.8 Å². The van der Waals surface area contributed by atoms with Crippen molar-refractivity contribution < 1.29 is 9.53 Å². The van der Waals surface area contributed by atoms with E-state index in [2.05, 4.69) is 31.4 Å². The van der Waals surface area contributed by atoms with Gasteiger partial charge in [-0.15, -0.1) is 0 Å². The Morgan fingerprint density at radius 3 is 2.69 bits per heavy atom. The van der Waals surface area contributed by atoms with Gasteiger partial charge in [-0.25, -0.2) is 0 Å². The van der Waals surface area contributed by atoms with Gasteiger partial charge in [0.05, 0.1) is 12.1 Å². The Kier molecular flexibility index (Phi) is 4.74. The molecule has 1 amide bonds. The van der Waals surface area contributed by atoms with E-state index < -0.39 is 0 Å². The molecule has 0 aromatic heterocycles. The molecule has 2 atom stereocenters. The molecule has 1 aliphatic rings. The lowest BCUT2D eigenvalue weighted by atomic mass is 9.92. The summed E-state index contributed by atoms with van der Waals surface area (Å²) in [5.41, 5.74) is 0.269. The van der Waals surface area contributed by atoms with Gasteiger partial charge in [-0.3, -0.25) is 4.79 Å². The number of ether oxygens (including phenoxy) is 1. The highest BCUT2D eigenvalue weighted by atomic mass is 16.5. The second kappa shape index (κ2) is 5.64. The highest BCUT2D eigenvalue weighted by Crippen LogP contribution is 2.17. The van der Waals surface area contributed by atoms with Crippen molar-refractivity contribution in [3.8, 4) is 0 Å². The summed E-state index contributed by atoms with van der Waals surface area (Å²) in [6, 6.07) is -0.0788. The largest absolute Gasteiger partial charge is 0.380 e. The standard InChI is InChI=1S/C12H24N2O2/c1-12(2,3)5-6-13-11(15)10-7-9(16-4)8-14-10/h9-10,14H,5-8H2,1-4H3,(H,13,15). The van der Waals surface area contributed by atoms with Crippen LogP contribution in [0.5, 0.6) is 0 Å². The number of carbonyl (C=O) groups is 1. The van der Waals surface area contributed by atoms with Gasteiger partial charge in [-0.05, 0) is 18.3 Å². The number of nitrogens with one attached hydrogen (secondary N) is 2. The Labute approximate surface area is 98.1 Å². The normalized spacial score (nSPS) is 25.8. The Bertz CT molecular complexity index is 236. The molecule has 0 radical (unpaired) electrons. The highest BCUT2D eigenvalue weighted by molar-refractivity contribution is 5.82. The zero-order valence-corrected chi connectivity index (χ0v) is 10.8. The average molecular weight is 228 g/mol. The minimum Gasteiger partial charge on any atom is -0.380 e. The second-order valence-corrected chi connectivity index (χ2v) is 5.66. The molecule has 4 nitrogen and oxygen atoms in total. The number of hydrogen-bond donors (Lipinski definition) is 2. The Morgan fingerprint density at radius 1 is 1.50 bits per heavy atom. The molecular weight excluding hydrogens is 204 g/mol. The predicted molar refractivity (Wildman–Crippen MR) is 64.3 cm³/mol. The zero-order valence-electron chi connectivity index (χ0n) is 10.8. The van der Waals surface area contributed by atoms with Gasteiger partial charge in [0.25, 0.3) is 0 Å². The molecule has 1 fully saturated rings. The first-order valence-electron chi connectivity index (χ1n) is 5.96. The summed E-state index contributed by atoms with van der Waals surface area (Å²) in [5, 5.41) is 6.14. The molecule has 2 N–H and O–H groups in total. The lowest BCUT2D eigenvalue weighted by Gasteiger charge is -2.19. The first-order valence-corrected chi connectivity index (χ1v) is 5.96. The van der Waals surface area contributed by atoms with Gasteiger partial charge in [0.2, 0.25) is 5.91 Å². The van der Waals surface area contributed by atoms with Gasteiger partial charge in [0, 0.05) is 20.2 Å². The Balaban J connectivity index is 2.21. The summed E-state index contributed by atoms with van der Waals surface area (Å²) in [6.07, 6.45) is 1.95. The highest BCUT2D eigenvalue weighted by Gasteiger charge is 2.29. The van der Waals surface area contributed by atoms with E-state index in [0.717, 1.165) is 25.9 Å². The van der Waals surface area contributed by atoms with Crippen LogP contribution in [-0.2, 0) is 9.53 Å².